The van der Waals surface area contributed by atoms with Gasteiger partial charge in [0, 0.05) is 32.4 Å². The van der Waals surface area contributed by atoms with Gasteiger partial charge in [0.1, 0.15) is 5.69 Å². The lowest BCUT2D eigenvalue weighted by Crippen LogP contribution is -2.47. The number of carbonyl (C=O) groups is 1. The van der Waals surface area contributed by atoms with Crippen LogP contribution in [0.1, 0.15) is 17.9 Å². The van der Waals surface area contributed by atoms with Crippen LogP contribution >= 0.6 is 0 Å². The molecule has 2 heterocycles. The maximum atomic E-state index is 12.0. The topological polar surface area (TPSA) is 36.4 Å². The highest BCUT2D eigenvalue weighted by Gasteiger charge is 2.20. The number of likely N-dealkylation sites (N-methyl/N-ethyl adjacent to an activating group) is 1. The number of nitrogens with zero attached hydrogens (tertiary/aromatic N) is 3. The molecule has 1 fully saturated rings. The molecule has 0 unspecified atom stereocenters. The van der Waals surface area contributed by atoms with Crippen LogP contribution in [0.3, 0.4) is 0 Å². The molecule has 0 spiro atoms. The molecule has 1 aromatic heterocycles. The Labute approximate surface area is 96.9 Å². The van der Waals surface area contributed by atoms with E-state index in [1.54, 1.807) is 12.3 Å². The molecule has 16 heavy (non-hydrogen) atoms. The zero-order valence-electron chi connectivity index (χ0n) is 8.89. The maximum Gasteiger partial charge on any atom is 0.272 e. The van der Waals surface area contributed by atoms with Gasteiger partial charge in [0.15, 0.2) is 0 Å². The summed E-state index contributed by atoms with van der Waals surface area (Å²) >= 11 is 0. The summed E-state index contributed by atoms with van der Waals surface area (Å²) in [5.74, 6) is 0.0451. The molecular formula is C12H19N3O. The second-order valence-electron chi connectivity index (χ2n) is 3.81. The highest BCUT2D eigenvalue weighted by atomic mass is 16.2. The largest absolute Gasteiger partial charge is 0.335 e. The van der Waals surface area contributed by atoms with Gasteiger partial charge < -0.3 is 9.80 Å². The first-order valence-corrected chi connectivity index (χ1v) is 5.16. The van der Waals surface area contributed by atoms with E-state index in [1.807, 2.05) is 17.0 Å². The van der Waals surface area contributed by atoms with E-state index in [0.29, 0.717) is 5.69 Å². The van der Waals surface area contributed by atoms with Gasteiger partial charge in [-0.3, -0.25) is 9.78 Å². The van der Waals surface area contributed by atoms with E-state index in [9.17, 15) is 4.79 Å². The van der Waals surface area contributed by atoms with Crippen molar-refractivity contribution in [2.45, 2.75) is 7.43 Å². The van der Waals surface area contributed by atoms with Gasteiger partial charge in [-0.2, -0.15) is 0 Å². The van der Waals surface area contributed by atoms with Gasteiger partial charge in [-0.1, -0.05) is 13.5 Å². The standard InChI is InChI=1S/C11H15N3O.CH4/c1-13-6-8-14(9-7-13)11(15)10-4-2-3-5-12-10;/h2-5H,6-9H2,1H3;1H4. The molecule has 0 N–H and O–H groups in total. The van der Waals surface area contributed by atoms with Crippen LogP contribution in [0.4, 0.5) is 0 Å². The molecule has 0 radical (unpaired) electrons. The Hall–Kier alpha value is -1.42. The minimum Gasteiger partial charge on any atom is -0.335 e. The fourth-order valence-corrected chi connectivity index (χ4v) is 1.66. The molecule has 1 saturated heterocycles. The van der Waals surface area contributed by atoms with Crippen molar-refractivity contribution in [1.82, 2.24) is 14.8 Å². The van der Waals surface area contributed by atoms with Gasteiger partial charge >= 0.3 is 0 Å². The molecule has 4 nitrogen and oxygen atoms in total. The number of carbonyl (C=O) groups excluding carboxylic acids is 1. The fourth-order valence-electron chi connectivity index (χ4n) is 1.66. The van der Waals surface area contributed by atoms with Crippen LogP contribution < -0.4 is 0 Å². The van der Waals surface area contributed by atoms with Crippen LogP contribution in [0.2, 0.25) is 0 Å². The molecule has 0 bridgehead atoms. The second kappa shape index (κ2) is 5.61. The Balaban J connectivity index is 0.00000128. The predicted octanol–water partition coefficient (Wildman–Crippen LogP) is 1.11. The van der Waals surface area contributed by atoms with E-state index in [1.165, 1.54) is 0 Å². The van der Waals surface area contributed by atoms with Gasteiger partial charge in [-0.05, 0) is 19.2 Å². The highest BCUT2D eigenvalue weighted by Crippen LogP contribution is 2.05. The van der Waals surface area contributed by atoms with Crippen molar-refractivity contribution >= 4 is 5.91 Å². The average molecular weight is 221 g/mol. The molecule has 4 heteroatoms. The molecule has 2 rings (SSSR count). The average Bonchev–Trinajstić information content (AvgIpc) is 2.30. The zero-order chi connectivity index (χ0) is 10.7. The van der Waals surface area contributed by atoms with Crippen LogP contribution in [-0.4, -0.2) is 53.9 Å². The SMILES string of the molecule is C.CN1CCN(C(=O)c2ccccn2)CC1. The number of piperazine rings is 1. The van der Waals surface area contributed by atoms with Crippen LogP contribution in [-0.2, 0) is 0 Å². The first-order chi connectivity index (χ1) is 7.27. The maximum absolute atomic E-state index is 12.0. The fraction of sp³-hybridized carbons (Fsp3) is 0.500. The minimum absolute atomic E-state index is 0. The number of hydrogen-bond donors (Lipinski definition) is 0. The molecular weight excluding hydrogens is 202 g/mol. The predicted molar refractivity (Wildman–Crippen MR) is 64.4 cm³/mol. The number of rotatable bonds is 1. The number of pyridine rings is 1. The van der Waals surface area contributed by atoms with Crippen molar-refractivity contribution in [2.24, 2.45) is 0 Å². The Morgan fingerprint density at radius 3 is 2.50 bits per heavy atom. The molecule has 1 aromatic rings. The number of aromatic nitrogens is 1. The molecule has 1 aliphatic rings. The molecule has 0 saturated carbocycles. The number of amides is 1. The smallest absolute Gasteiger partial charge is 0.272 e. The third-order valence-corrected chi connectivity index (χ3v) is 2.67. The van der Waals surface area contributed by atoms with E-state index in [-0.39, 0.29) is 13.3 Å². The lowest BCUT2D eigenvalue weighted by molar-refractivity contribution is 0.0658. The third kappa shape index (κ3) is 2.79. The van der Waals surface area contributed by atoms with Crippen molar-refractivity contribution < 1.29 is 4.79 Å². The Morgan fingerprint density at radius 1 is 1.25 bits per heavy atom. The quantitative estimate of drug-likeness (QED) is 0.712. The lowest BCUT2D eigenvalue weighted by Gasteiger charge is -2.32. The van der Waals surface area contributed by atoms with Gasteiger partial charge in [-0.15, -0.1) is 0 Å². The van der Waals surface area contributed by atoms with Crippen LogP contribution in [0, 0.1) is 0 Å². The Morgan fingerprint density at radius 2 is 1.94 bits per heavy atom. The molecule has 0 aromatic carbocycles. The van der Waals surface area contributed by atoms with Crippen molar-refractivity contribution in [1.29, 1.82) is 0 Å². The van der Waals surface area contributed by atoms with Crippen molar-refractivity contribution in [3.05, 3.63) is 30.1 Å². The first-order valence-electron chi connectivity index (χ1n) is 5.16. The monoisotopic (exact) mass is 221 g/mol. The second-order valence-corrected chi connectivity index (χ2v) is 3.81. The highest BCUT2D eigenvalue weighted by molar-refractivity contribution is 5.92. The van der Waals surface area contributed by atoms with Crippen molar-refractivity contribution in [3.8, 4) is 0 Å². The summed E-state index contributed by atoms with van der Waals surface area (Å²) in [7, 11) is 2.07. The molecule has 0 aliphatic carbocycles. The summed E-state index contributed by atoms with van der Waals surface area (Å²) < 4.78 is 0. The van der Waals surface area contributed by atoms with Gasteiger partial charge in [0.2, 0.25) is 0 Å². The van der Waals surface area contributed by atoms with E-state index >= 15 is 0 Å². The number of hydrogen-bond acceptors (Lipinski definition) is 3. The lowest BCUT2D eigenvalue weighted by atomic mass is 10.2. The normalized spacial score (nSPS) is 16.7. The van der Waals surface area contributed by atoms with E-state index in [4.69, 9.17) is 0 Å². The van der Waals surface area contributed by atoms with E-state index < -0.39 is 0 Å². The van der Waals surface area contributed by atoms with Crippen LogP contribution in [0.5, 0.6) is 0 Å². The summed E-state index contributed by atoms with van der Waals surface area (Å²) in [5, 5.41) is 0. The summed E-state index contributed by atoms with van der Waals surface area (Å²) in [4.78, 5) is 20.1. The zero-order valence-corrected chi connectivity index (χ0v) is 8.89. The third-order valence-electron chi connectivity index (χ3n) is 2.67. The van der Waals surface area contributed by atoms with Gasteiger partial charge in [0.25, 0.3) is 5.91 Å². The molecule has 1 aliphatic heterocycles. The van der Waals surface area contributed by atoms with Gasteiger partial charge in [-0.25, -0.2) is 0 Å². The van der Waals surface area contributed by atoms with Crippen molar-refractivity contribution in [3.63, 3.8) is 0 Å². The summed E-state index contributed by atoms with van der Waals surface area (Å²) in [6.45, 7) is 3.48. The Bertz CT molecular complexity index is 331. The molecule has 0 atom stereocenters. The van der Waals surface area contributed by atoms with E-state index in [2.05, 4.69) is 16.9 Å². The van der Waals surface area contributed by atoms with Crippen LogP contribution in [0.15, 0.2) is 24.4 Å². The van der Waals surface area contributed by atoms with E-state index in [0.717, 1.165) is 26.2 Å². The minimum atomic E-state index is 0. The Kier molecular flexibility index (Phi) is 4.43. The van der Waals surface area contributed by atoms with Gasteiger partial charge in [0.05, 0.1) is 0 Å². The summed E-state index contributed by atoms with van der Waals surface area (Å²) in [5.41, 5.74) is 0.544. The first kappa shape index (κ1) is 12.6. The van der Waals surface area contributed by atoms with Crippen molar-refractivity contribution in [2.75, 3.05) is 33.2 Å². The molecule has 1 amide bonds. The van der Waals surface area contributed by atoms with Crippen LogP contribution in [0.25, 0.3) is 0 Å². The summed E-state index contributed by atoms with van der Waals surface area (Å²) in [6.07, 6.45) is 1.66. The molecule has 88 valence electrons. The summed E-state index contributed by atoms with van der Waals surface area (Å²) in [6, 6.07) is 5.43.